The first-order chi connectivity index (χ1) is 6.83. The minimum Gasteiger partial charge on any atom is -0.494 e. The van der Waals surface area contributed by atoms with Crippen LogP contribution in [0.25, 0.3) is 0 Å². The van der Waals surface area contributed by atoms with Crippen LogP contribution in [0.5, 0.6) is 5.75 Å². The smallest absolute Gasteiger partial charge is 0.119 e. The predicted molar refractivity (Wildman–Crippen MR) is 60.6 cm³/mol. The minimum absolute atomic E-state index is 0.781. The summed E-state index contributed by atoms with van der Waals surface area (Å²) >= 11 is 0. The first-order valence-electron chi connectivity index (χ1n) is 5.50. The highest BCUT2D eigenvalue weighted by Gasteiger charge is 2.00. The quantitative estimate of drug-likeness (QED) is 0.664. The Morgan fingerprint density at radius 2 is 1.86 bits per heavy atom. The fraction of sp³-hybridized carbons (Fsp3) is 0.538. The van der Waals surface area contributed by atoms with Crippen LogP contribution in [0.15, 0.2) is 30.3 Å². The van der Waals surface area contributed by atoms with Crippen LogP contribution in [-0.4, -0.2) is 6.61 Å². The lowest BCUT2D eigenvalue weighted by Gasteiger charge is -2.10. The Morgan fingerprint density at radius 3 is 2.50 bits per heavy atom. The predicted octanol–water partition coefficient (Wildman–Crippen LogP) is 3.89. The first-order valence-corrected chi connectivity index (χ1v) is 5.50. The Kier molecular flexibility index (Phi) is 5.13. The summed E-state index contributed by atoms with van der Waals surface area (Å²) < 4.78 is 5.62. The molecule has 1 heteroatoms. The number of hydrogen-bond donors (Lipinski definition) is 0. The van der Waals surface area contributed by atoms with Crippen molar-refractivity contribution in [3.05, 3.63) is 30.3 Å². The molecule has 0 spiro atoms. The van der Waals surface area contributed by atoms with E-state index >= 15 is 0 Å². The lowest BCUT2D eigenvalue weighted by molar-refractivity contribution is 0.278. The molecule has 14 heavy (non-hydrogen) atoms. The van der Waals surface area contributed by atoms with Crippen molar-refractivity contribution in [3.8, 4) is 5.75 Å². The van der Waals surface area contributed by atoms with Gasteiger partial charge in [0.15, 0.2) is 0 Å². The lowest BCUT2D eigenvalue weighted by atomic mass is 10.0. The van der Waals surface area contributed by atoms with Crippen molar-refractivity contribution >= 4 is 0 Å². The molecule has 0 aliphatic rings. The van der Waals surface area contributed by atoms with Gasteiger partial charge >= 0.3 is 0 Å². The molecule has 0 saturated carbocycles. The molecule has 1 atom stereocenters. The average molecular weight is 192 g/mol. The summed E-state index contributed by atoms with van der Waals surface area (Å²) in [6, 6.07) is 10.0. The second-order valence-electron chi connectivity index (χ2n) is 3.84. The van der Waals surface area contributed by atoms with Crippen molar-refractivity contribution in [2.75, 3.05) is 6.61 Å². The number of benzene rings is 1. The standard InChI is InChI=1S/C13H20O/c1-3-7-12(2)10-11-14-13-8-5-4-6-9-13/h4-6,8-9,12H,3,7,10-11H2,1-2H3. The third kappa shape index (κ3) is 4.31. The van der Waals surface area contributed by atoms with Crippen molar-refractivity contribution in [3.63, 3.8) is 0 Å². The van der Waals surface area contributed by atoms with E-state index < -0.39 is 0 Å². The van der Waals surface area contributed by atoms with Crippen LogP contribution < -0.4 is 4.74 Å². The van der Waals surface area contributed by atoms with E-state index in [1.165, 1.54) is 12.8 Å². The molecular formula is C13H20O. The number of ether oxygens (including phenoxy) is 1. The van der Waals surface area contributed by atoms with E-state index in [9.17, 15) is 0 Å². The summed E-state index contributed by atoms with van der Waals surface area (Å²) in [5, 5.41) is 0. The zero-order valence-corrected chi connectivity index (χ0v) is 9.20. The lowest BCUT2D eigenvalue weighted by Crippen LogP contribution is -2.03. The Balaban J connectivity index is 2.16. The van der Waals surface area contributed by atoms with E-state index in [1.54, 1.807) is 0 Å². The van der Waals surface area contributed by atoms with E-state index in [0.717, 1.165) is 24.7 Å². The number of hydrogen-bond acceptors (Lipinski definition) is 1. The van der Waals surface area contributed by atoms with Gasteiger partial charge in [-0.2, -0.15) is 0 Å². The zero-order chi connectivity index (χ0) is 10.2. The minimum atomic E-state index is 0.781. The van der Waals surface area contributed by atoms with Crippen molar-refractivity contribution < 1.29 is 4.74 Å². The first kappa shape index (κ1) is 11.1. The molecule has 0 aliphatic carbocycles. The molecule has 1 unspecified atom stereocenters. The SMILES string of the molecule is CCCC(C)CCOc1ccccc1. The number of rotatable bonds is 6. The molecule has 0 amide bonds. The van der Waals surface area contributed by atoms with Crippen LogP contribution in [0.2, 0.25) is 0 Å². The third-order valence-corrected chi connectivity index (χ3v) is 2.40. The maximum atomic E-state index is 5.62. The molecular weight excluding hydrogens is 172 g/mol. The van der Waals surface area contributed by atoms with Crippen molar-refractivity contribution in [2.24, 2.45) is 5.92 Å². The van der Waals surface area contributed by atoms with Gasteiger partial charge < -0.3 is 4.74 Å². The van der Waals surface area contributed by atoms with Crippen LogP contribution in [0.4, 0.5) is 0 Å². The molecule has 0 bridgehead atoms. The highest BCUT2D eigenvalue weighted by atomic mass is 16.5. The normalized spacial score (nSPS) is 12.4. The van der Waals surface area contributed by atoms with Gasteiger partial charge in [0.25, 0.3) is 0 Å². The monoisotopic (exact) mass is 192 g/mol. The fourth-order valence-electron chi connectivity index (χ4n) is 1.53. The topological polar surface area (TPSA) is 9.23 Å². The highest BCUT2D eigenvalue weighted by Crippen LogP contribution is 2.12. The summed E-state index contributed by atoms with van der Waals surface area (Å²) in [6.45, 7) is 5.36. The van der Waals surface area contributed by atoms with E-state index in [4.69, 9.17) is 4.74 Å². The molecule has 0 fully saturated rings. The second kappa shape index (κ2) is 6.47. The van der Waals surface area contributed by atoms with Gasteiger partial charge in [0.1, 0.15) is 5.75 Å². The summed E-state index contributed by atoms with van der Waals surface area (Å²) in [6.07, 6.45) is 3.73. The second-order valence-corrected chi connectivity index (χ2v) is 3.84. The zero-order valence-electron chi connectivity index (χ0n) is 9.20. The molecule has 1 aromatic carbocycles. The Morgan fingerprint density at radius 1 is 1.14 bits per heavy atom. The average Bonchev–Trinajstić information content (AvgIpc) is 2.20. The van der Waals surface area contributed by atoms with Crippen molar-refractivity contribution in [1.29, 1.82) is 0 Å². The fourth-order valence-corrected chi connectivity index (χ4v) is 1.53. The van der Waals surface area contributed by atoms with Crippen LogP contribution in [0.3, 0.4) is 0 Å². The number of para-hydroxylation sites is 1. The molecule has 1 nitrogen and oxygen atoms in total. The molecule has 0 saturated heterocycles. The van der Waals surface area contributed by atoms with Crippen molar-refractivity contribution in [2.45, 2.75) is 33.1 Å². The molecule has 0 aliphatic heterocycles. The van der Waals surface area contributed by atoms with E-state index in [1.807, 2.05) is 30.3 Å². The largest absolute Gasteiger partial charge is 0.494 e. The Hall–Kier alpha value is -0.980. The van der Waals surface area contributed by atoms with Gasteiger partial charge in [0, 0.05) is 0 Å². The summed E-state index contributed by atoms with van der Waals surface area (Å²) in [4.78, 5) is 0. The molecule has 78 valence electrons. The highest BCUT2D eigenvalue weighted by molar-refractivity contribution is 5.20. The van der Waals surface area contributed by atoms with Gasteiger partial charge in [-0.25, -0.2) is 0 Å². The van der Waals surface area contributed by atoms with Crippen LogP contribution in [0.1, 0.15) is 33.1 Å². The third-order valence-electron chi connectivity index (χ3n) is 2.40. The summed E-state index contributed by atoms with van der Waals surface area (Å²) in [5.74, 6) is 1.76. The van der Waals surface area contributed by atoms with Gasteiger partial charge in [0.05, 0.1) is 6.61 Å². The molecule has 1 aromatic rings. The van der Waals surface area contributed by atoms with Gasteiger partial charge in [-0.1, -0.05) is 44.9 Å². The van der Waals surface area contributed by atoms with Gasteiger partial charge in [-0.05, 0) is 24.5 Å². The van der Waals surface area contributed by atoms with Gasteiger partial charge in [-0.3, -0.25) is 0 Å². The van der Waals surface area contributed by atoms with Crippen molar-refractivity contribution in [1.82, 2.24) is 0 Å². The molecule has 0 heterocycles. The molecule has 0 N–H and O–H groups in total. The van der Waals surface area contributed by atoms with Gasteiger partial charge in [0.2, 0.25) is 0 Å². The Labute approximate surface area is 87.1 Å². The van der Waals surface area contributed by atoms with Crippen LogP contribution >= 0.6 is 0 Å². The Bertz CT molecular complexity index is 230. The summed E-state index contributed by atoms with van der Waals surface area (Å²) in [7, 11) is 0. The maximum absolute atomic E-state index is 5.62. The van der Waals surface area contributed by atoms with Gasteiger partial charge in [-0.15, -0.1) is 0 Å². The van der Waals surface area contributed by atoms with E-state index in [-0.39, 0.29) is 0 Å². The van der Waals surface area contributed by atoms with Crippen LogP contribution in [0, 0.1) is 5.92 Å². The maximum Gasteiger partial charge on any atom is 0.119 e. The molecule has 0 aromatic heterocycles. The summed E-state index contributed by atoms with van der Waals surface area (Å²) in [5.41, 5.74) is 0. The molecule has 1 rings (SSSR count). The van der Waals surface area contributed by atoms with E-state index in [2.05, 4.69) is 13.8 Å². The van der Waals surface area contributed by atoms with E-state index in [0.29, 0.717) is 0 Å². The van der Waals surface area contributed by atoms with Crippen LogP contribution in [-0.2, 0) is 0 Å². The molecule has 0 radical (unpaired) electrons.